The average Bonchev–Trinajstić information content (AvgIpc) is 2.44. The quantitative estimate of drug-likeness (QED) is 0.769. The molecule has 3 heteroatoms. The molecule has 3 nitrogen and oxygen atoms in total. The highest BCUT2D eigenvalue weighted by Crippen LogP contribution is 2.24. The molecule has 0 spiro atoms. The summed E-state index contributed by atoms with van der Waals surface area (Å²) in [5.41, 5.74) is 3.53. The molecule has 20 heavy (non-hydrogen) atoms. The second-order valence-electron chi connectivity index (χ2n) is 5.47. The van der Waals surface area contributed by atoms with E-state index in [0.29, 0.717) is 12.8 Å². The van der Waals surface area contributed by atoms with Gasteiger partial charge in [-0.2, -0.15) is 0 Å². The zero-order valence-electron chi connectivity index (χ0n) is 13.1. The minimum absolute atomic E-state index is 0.586. The van der Waals surface area contributed by atoms with Crippen molar-refractivity contribution in [1.29, 1.82) is 0 Å². The van der Waals surface area contributed by atoms with E-state index in [0.717, 1.165) is 30.8 Å². The predicted octanol–water partition coefficient (Wildman–Crippen LogP) is 3.16. The first kappa shape index (κ1) is 17.0. The van der Waals surface area contributed by atoms with Gasteiger partial charge in [0.15, 0.2) is 0 Å². The van der Waals surface area contributed by atoms with Crippen molar-refractivity contribution in [3.63, 3.8) is 0 Å². The molecule has 0 amide bonds. The Hall–Kier alpha value is -1.06. The van der Waals surface area contributed by atoms with Crippen LogP contribution in [0.3, 0.4) is 0 Å². The first-order valence-electron chi connectivity index (χ1n) is 7.58. The summed E-state index contributed by atoms with van der Waals surface area (Å²) >= 11 is 0. The summed E-state index contributed by atoms with van der Waals surface area (Å²) in [6.45, 7) is 8.82. The lowest BCUT2D eigenvalue weighted by Gasteiger charge is -2.17. The standard InChI is InChI=1S/C17H28O3/c1-5-9-20-17-11-12(3)14(10-13(17)4)7-8-16(19)15(18)6-2/h10-11,15-16,18-19H,5-9H2,1-4H3. The Morgan fingerprint density at radius 1 is 1.05 bits per heavy atom. The van der Waals surface area contributed by atoms with Gasteiger partial charge >= 0.3 is 0 Å². The molecule has 114 valence electrons. The molecule has 0 heterocycles. The van der Waals surface area contributed by atoms with Gasteiger partial charge in [0.05, 0.1) is 18.8 Å². The number of aryl methyl sites for hydroxylation is 3. The fourth-order valence-electron chi connectivity index (χ4n) is 2.25. The fourth-order valence-corrected chi connectivity index (χ4v) is 2.25. The molecule has 1 rings (SSSR count). The molecule has 0 saturated heterocycles. The Labute approximate surface area is 122 Å². The third-order valence-corrected chi connectivity index (χ3v) is 3.67. The van der Waals surface area contributed by atoms with Gasteiger partial charge in [-0.05, 0) is 62.3 Å². The van der Waals surface area contributed by atoms with Gasteiger partial charge in [0.25, 0.3) is 0 Å². The van der Waals surface area contributed by atoms with Crippen LogP contribution in [0, 0.1) is 13.8 Å². The highest BCUT2D eigenvalue weighted by Gasteiger charge is 2.15. The Morgan fingerprint density at radius 3 is 2.35 bits per heavy atom. The largest absolute Gasteiger partial charge is 0.493 e. The highest BCUT2D eigenvalue weighted by molar-refractivity contribution is 5.41. The van der Waals surface area contributed by atoms with Crippen LogP contribution in [0.4, 0.5) is 0 Å². The Kier molecular flexibility index (Phi) is 7.03. The molecule has 1 aromatic rings. The second-order valence-corrected chi connectivity index (χ2v) is 5.47. The van der Waals surface area contributed by atoms with Gasteiger partial charge in [0, 0.05) is 0 Å². The summed E-state index contributed by atoms with van der Waals surface area (Å²) in [4.78, 5) is 0. The maximum atomic E-state index is 9.84. The van der Waals surface area contributed by atoms with Gasteiger partial charge in [0.1, 0.15) is 5.75 Å². The van der Waals surface area contributed by atoms with Crippen LogP contribution < -0.4 is 4.74 Å². The fraction of sp³-hybridized carbons (Fsp3) is 0.647. The summed E-state index contributed by atoms with van der Waals surface area (Å²) in [6.07, 6.45) is 1.69. The van der Waals surface area contributed by atoms with Crippen LogP contribution in [-0.4, -0.2) is 29.0 Å². The number of ether oxygens (including phenoxy) is 1. The molecule has 2 unspecified atom stereocenters. The minimum Gasteiger partial charge on any atom is -0.493 e. The van der Waals surface area contributed by atoms with E-state index in [-0.39, 0.29) is 0 Å². The molecular formula is C17H28O3. The molecule has 0 saturated carbocycles. The van der Waals surface area contributed by atoms with Crippen LogP contribution in [0.15, 0.2) is 12.1 Å². The van der Waals surface area contributed by atoms with E-state index in [9.17, 15) is 10.2 Å². The van der Waals surface area contributed by atoms with Gasteiger partial charge in [-0.1, -0.05) is 19.9 Å². The summed E-state index contributed by atoms with van der Waals surface area (Å²) in [7, 11) is 0. The molecule has 0 radical (unpaired) electrons. The van der Waals surface area contributed by atoms with E-state index in [1.54, 1.807) is 0 Å². The lowest BCUT2D eigenvalue weighted by Crippen LogP contribution is -2.25. The summed E-state index contributed by atoms with van der Waals surface area (Å²) in [5, 5.41) is 19.4. The minimum atomic E-state index is -0.643. The molecular weight excluding hydrogens is 252 g/mol. The average molecular weight is 280 g/mol. The van der Waals surface area contributed by atoms with Crippen molar-refractivity contribution in [3.8, 4) is 5.75 Å². The normalized spacial score (nSPS) is 14.1. The van der Waals surface area contributed by atoms with Gasteiger partial charge in [-0.15, -0.1) is 0 Å². The first-order chi connectivity index (χ1) is 9.49. The van der Waals surface area contributed by atoms with Gasteiger partial charge < -0.3 is 14.9 Å². The van der Waals surface area contributed by atoms with E-state index in [1.165, 1.54) is 11.1 Å². The van der Waals surface area contributed by atoms with Crippen LogP contribution in [0.1, 0.15) is 49.8 Å². The monoisotopic (exact) mass is 280 g/mol. The topological polar surface area (TPSA) is 49.7 Å². The van der Waals surface area contributed by atoms with Gasteiger partial charge in [0.2, 0.25) is 0 Å². The number of rotatable bonds is 8. The zero-order chi connectivity index (χ0) is 15.1. The maximum absolute atomic E-state index is 9.84. The summed E-state index contributed by atoms with van der Waals surface area (Å²) < 4.78 is 5.71. The van der Waals surface area contributed by atoms with E-state index in [4.69, 9.17) is 4.74 Å². The molecule has 0 aliphatic rings. The number of hydrogen-bond acceptors (Lipinski definition) is 3. The van der Waals surface area contributed by atoms with Crippen molar-refractivity contribution >= 4 is 0 Å². The van der Waals surface area contributed by atoms with E-state index >= 15 is 0 Å². The van der Waals surface area contributed by atoms with Crippen LogP contribution in [0.25, 0.3) is 0 Å². The maximum Gasteiger partial charge on any atom is 0.122 e. The van der Waals surface area contributed by atoms with Crippen LogP contribution in [0.2, 0.25) is 0 Å². The number of aliphatic hydroxyl groups is 2. The Balaban J connectivity index is 2.69. The van der Waals surface area contributed by atoms with Gasteiger partial charge in [-0.25, -0.2) is 0 Å². The molecule has 1 aromatic carbocycles. The van der Waals surface area contributed by atoms with Crippen molar-refractivity contribution in [1.82, 2.24) is 0 Å². The van der Waals surface area contributed by atoms with Gasteiger partial charge in [-0.3, -0.25) is 0 Å². The lowest BCUT2D eigenvalue weighted by molar-refractivity contribution is 0.0130. The van der Waals surface area contributed by atoms with E-state index < -0.39 is 12.2 Å². The van der Waals surface area contributed by atoms with Crippen LogP contribution in [0.5, 0.6) is 5.75 Å². The van der Waals surface area contributed by atoms with Crippen LogP contribution in [-0.2, 0) is 6.42 Å². The lowest BCUT2D eigenvalue weighted by atomic mass is 9.97. The van der Waals surface area contributed by atoms with Crippen molar-refractivity contribution in [2.24, 2.45) is 0 Å². The second kappa shape index (κ2) is 8.28. The SMILES string of the molecule is CCCOc1cc(C)c(CCC(O)C(O)CC)cc1C. The zero-order valence-corrected chi connectivity index (χ0v) is 13.1. The number of aliphatic hydroxyl groups excluding tert-OH is 2. The number of hydrogen-bond donors (Lipinski definition) is 2. The molecule has 0 bridgehead atoms. The highest BCUT2D eigenvalue weighted by atomic mass is 16.5. The van der Waals surface area contributed by atoms with Crippen molar-refractivity contribution < 1.29 is 14.9 Å². The van der Waals surface area contributed by atoms with Crippen molar-refractivity contribution in [2.45, 2.75) is 65.6 Å². The first-order valence-corrected chi connectivity index (χ1v) is 7.58. The van der Waals surface area contributed by atoms with Crippen molar-refractivity contribution in [3.05, 3.63) is 28.8 Å². The summed E-state index contributed by atoms with van der Waals surface area (Å²) in [6, 6.07) is 4.20. The molecule has 0 aliphatic heterocycles. The summed E-state index contributed by atoms with van der Waals surface area (Å²) in [5.74, 6) is 0.947. The predicted molar refractivity (Wildman–Crippen MR) is 82.3 cm³/mol. The van der Waals surface area contributed by atoms with E-state index in [2.05, 4.69) is 26.0 Å². The number of benzene rings is 1. The molecule has 0 fully saturated rings. The Morgan fingerprint density at radius 2 is 1.75 bits per heavy atom. The van der Waals surface area contributed by atoms with E-state index in [1.807, 2.05) is 13.8 Å². The molecule has 2 atom stereocenters. The third kappa shape index (κ3) is 4.80. The smallest absolute Gasteiger partial charge is 0.122 e. The molecule has 0 aromatic heterocycles. The molecule has 2 N–H and O–H groups in total. The Bertz CT molecular complexity index is 415. The molecule has 0 aliphatic carbocycles. The third-order valence-electron chi connectivity index (χ3n) is 3.67. The van der Waals surface area contributed by atoms with Crippen LogP contribution >= 0.6 is 0 Å². The van der Waals surface area contributed by atoms with Crippen molar-refractivity contribution in [2.75, 3.05) is 6.61 Å².